The van der Waals surface area contributed by atoms with Gasteiger partial charge < -0.3 is 35.9 Å². The van der Waals surface area contributed by atoms with Crippen LogP contribution in [-0.4, -0.2) is 62.3 Å². The fourth-order valence-corrected chi connectivity index (χ4v) is 4.00. The van der Waals surface area contributed by atoms with E-state index >= 15 is 0 Å². The number of nitrogens with two attached hydrogens (primary N) is 1. The normalized spacial score (nSPS) is 17.6. The smallest absolute Gasteiger partial charge is 0.407 e. The Labute approximate surface area is 272 Å². The summed E-state index contributed by atoms with van der Waals surface area (Å²) in [5, 5.41) is 8.69. The number of halogens is 1. The summed E-state index contributed by atoms with van der Waals surface area (Å²) in [7, 11) is 1.43. The summed E-state index contributed by atoms with van der Waals surface area (Å²) in [6.07, 6.45) is 16.3. The van der Waals surface area contributed by atoms with Gasteiger partial charge in [-0.1, -0.05) is 74.4 Å². The molecule has 0 spiro atoms. The van der Waals surface area contributed by atoms with E-state index in [0.29, 0.717) is 50.2 Å². The van der Waals surface area contributed by atoms with Crippen LogP contribution >= 0.6 is 11.6 Å². The van der Waals surface area contributed by atoms with Gasteiger partial charge in [0.2, 0.25) is 11.8 Å². The molecule has 1 heterocycles. The van der Waals surface area contributed by atoms with Crippen molar-refractivity contribution < 1.29 is 33.4 Å². The first kappa shape index (κ1) is 39.2. The van der Waals surface area contributed by atoms with Crippen molar-refractivity contribution >= 4 is 35.5 Å². The van der Waals surface area contributed by atoms with Gasteiger partial charge in [0.1, 0.15) is 18.2 Å². The zero-order chi connectivity index (χ0) is 33.8. The molecule has 5 N–H and O–H groups in total. The van der Waals surface area contributed by atoms with Gasteiger partial charge >= 0.3 is 12.1 Å². The molecule has 0 aliphatic carbocycles. The first-order chi connectivity index (χ1) is 21.3. The fraction of sp³-hybridized carbons (Fsp3) is 0.515. The van der Waals surface area contributed by atoms with Crippen molar-refractivity contribution in [2.45, 2.75) is 85.0 Å². The van der Waals surface area contributed by atoms with Crippen LogP contribution in [0.4, 0.5) is 4.79 Å². The molecular formula is C33H49ClN4O7. The summed E-state index contributed by atoms with van der Waals surface area (Å²) in [5.74, 6) is -1.06. The quantitative estimate of drug-likeness (QED) is 0.0757. The number of hydrogen-bond donors (Lipinski definition) is 4. The number of amides is 3. The average Bonchev–Trinajstić information content (AvgIpc) is 2.97. The third-order valence-corrected chi connectivity index (χ3v) is 6.58. The van der Waals surface area contributed by atoms with Gasteiger partial charge in [-0.05, 0) is 44.5 Å². The first-order valence-corrected chi connectivity index (χ1v) is 15.3. The largest absolute Gasteiger partial charge is 0.490 e. The fourth-order valence-electron chi connectivity index (χ4n) is 3.91. The van der Waals surface area contributed by atoms with Gasteiger partial charge in [0.15, 0.2) is 5.76 Å². The van der Waals surface area contributed by atoms with Crippen molar-refractivity contribution in [2.24, 2.45) is 11.1 Å². The second-order valence-corrected chi connectivity index (χ2v) is 12.1. The van der Waals surface area contributed by atoms with Gasteiger partial charge in [-0.15, -0.1) is 0 Å². The van der Waals surface area contributed by atoms with E-state index < -0.39 is 35.5 Å². The van der Waals surface area contributed by atoms with Crippen LogP contribution in [0.25, 0.3) is 0 Å². The third kappa shape index (κ3) is 17.3. The van der Waals surface area contributed by atoms with E-state index in [4.69, 9.17) is 31.5 Å². The summed E-state index contributed by atoms with van der Waals surface area (Å²) in [6, 6.07) is -0.821. The molecule has 0 saturated carbocycles. The number of ether oxygens (including phenoxy) is 3. The zero-order valence-electron chi connectivity index (χ0n) is 27.2. The Morgan fingerprint density at radius 2 is 1.87 bits per heavy atom. The van der Waals surface area contributed by atoms with Crippen molar-refractivity contribution in [2.75, 3.05) is 20.2 Å². The molecule has 0 fully saturated rings. The first-order valence-electron chi connectivity index (χ1n) is 15.0. The van der Waals surface area contributed by atoms with Gasteiger partial charge in [0, 0.05) is 43.3 Å². The molecule has 0 aromatic rings. The number of carbonyl (C=O) groups is 4. The minimum Gasteiger partial charge on any atom is -0.490 e. The Morgan fingerprint density at radius 3 is 2.49 bits per heavy atom. The van der Waals surface area contributed by atoms with E-state index in [1.807, 2.05) is 39.8 Å². The van der Waals surface area contributed by atoms with E-state index in [2.05, 4.69) is 16.0 Å². The Bertz CT molecular complexity index is 1180. The number of cyclic esters (lactones) is 1. The predicted octanol–water partition coefficient (Wildman–Crippen LogP) is 4.81. The molecule has 0 aromatic heterocycles. The summed E-state index contributed by atoms with van der Waals surface area (Å²) in [4.78, 5) is 49.5. The highest BCUT2D eigenvalue weighted by molar-refractivity contribution is 6.29. The lowest BCUT2D eigenvalue weighted by molar-refractivity contribution is -0.149. The number of alkyl carbamates (subject to hydrolysis) is 1. The van der Waals surface area contributed by atoms with E-state index in [1.54, 1.807) is 37.3 Å². The number of carbonyl (C=O) groups excluding carboxylic acids is 4. The Hall–Kier alpha value is -3.83. The van der Waals surface area contributed by atoms with Crippen LogP contribution in [0.15, 0.2) is 71.2 Å². The highest BCUT2D eigenvalue weighted by atomic mass is 35.5. The Kier molecular flexibility index (Phi) is 18.3. The number of allylic oxidation sites excluding steroid dienone is 5. The average molecular weight is 649 g/mol. The number of rotatable bonds is 17. The molecule has 3 atom stereocenters. The molecule has 0 bridgehead atoms. The van der Waals surface area contributed by atoms with E-state index in [9.17, 15) is 19.2 Å². The van der Waals surface area contributed by atoms with E-state index in [-0.39, 0.29) is 17.8 Å². The molecule has 1 aliphatic rings. The number of esters is 1. The molecule has 3 amide bonds. The minimum atomic E-state index is -0.821. The van der Waals surface area contributed by atoms with E-state index in [1.165, 1.54) is 19.4 Å². The molecule has 1 rings (SSSR count). The summed E-state index contributed by atoms with van der Waals surface area (Å²) in [6.45, 7) is 10.1. The standard InChI is InChI=1S/C33H49ClN4O7/c1-23(14-16-26-18-19-27(43-6)31(41)44-26)11-7-8-13-28(39)38-29(33(3,4)5)30(40)36-21-9-12-25(17-15-24(2)34)45-32(42)37-22-10-20-35/h7-9,11,13-15,19,21,25-26,29H,10,12,16-18,20,22,35H2,1-6H3,(H,36,40)(H,37,42)(H,38,39)/b11-7-,13-8-,21-9-,23-14+,24-15+. The van der Waals surface area contributed by atoms with Crippen molar-refractivity contribution in [3.05, 3.63) is 71.2 Å². The molecule has 0 radical (unpaired) electrons. The molecule has 250 valence electrons. The maximum atomic E-state index is 13.0. The van der Waals surface area contributed by atoms with Crippen LogP contribution in [0.3, 0.4) is 0 Å². The molecule has 0 aromatic carbocycles. The lowest BCUT2D eigenvalue weighted by Crippen LogP contribution is -2.52. The van der Waals surface area contributed by atoms with Crippen molar-refractivity contribution in [3.8, 4) is 0 Å². The SMILES string of the molecule is COC1=CCC(C/C=C(C)/C=C\C=C/C(=O)NC(C(=O)N/C=C\CC(C/C=C(\C)Cl)OC(=O)NCCCN)C(C)(C)C)OC1=O. The van der Waals surface area contributed by atoms with E-state index in [0.717, 1.165) is 5.57 Å². The summed E-state index contributed by atoms with van der Waals surface area (Å²) < 4.78 is 15.8. The maximum absolute atomic E-state index is 13.0. The predicted molar refractivity (Wildman–Crippen MR) is 176 cm³/mol. The van der Waals surface area contributed by atoms with Crippen LogP contribution in [0.1, 0.15) is 66.7 Å². The second-order valence-electron chi connectivity index (χ2n) is 11.5. The van der Waals surface area contributed by atoms with Gasteiger partial charge in [-0.25, -0.2) is 9.59 Å². The van der Waals surface area contributed by atoms with Crippen LogP contribution in [0.2, 0.25) is 0 Å². The van der Waals surface area contributed by atoms with Crippen LogP contribution in [0.5, 0.6) is 0 Å². The molecule has 11 nitrogen and oxygen atoms in total. The van der Waals surface area contributed by atoms with Crippen LogP contribution < -0.4 is 21.7 Å². The van der Waals surface area contributed by atoms with Crippen molar-refractivity contribution in [1.29, 1.82) is 0 Å². The molecule has 45 heavy (non-hydrogen) atoms. The lowest BCUT2D eigenvalue weighted by Gasteiger charge is -2.29. The molecule has 0 saturated heterocycles. The molecule has 12 heteroatoms. The topological polar surface area (TPSA) is 158 Å². The van der Waals surface area contributed by atoms with Gasteiger partial charge in [0.25, 0.3) is 0 Å². The van der Waals surface area contributed by atoms with Gasteiger partial charge in [-0.3, -0.25) is 9.59 Å². The lowest BCUT2D eigenvalue weighted by atomic mass is 9.86. The number of hydrogen-bond acceptors (Lipinski definition) is 8. The summed E-state index contributed by atoms with van der Waals surface area (Å²) in [5.41, 5.74) is 5.81. The highest BCUT2D eigenvalue weighted by Gasteiger charge is 2.32. The number of methoxy groups -OCH3 is 1. The monoisotopic (exact) mass is 648 g/mol. The molecule has 3 unspecified atom stereocenters. The zero-order valence-corrected chi connectivity index (χ0v) is 27.9. The highest BCUT2D eigenvalue weighted by Crippen LogP contribution is 2.20. The summed E-state index contributed by atoms with van der Waals surface area (Å²) >= 11 is 5.94. The Balaban J connectivity index is 2.67. The third-order valence-electron chi connectivity index (χ3n) is 6.42. The molecule has 1 aliphatic heterocycles. The maximum Gasteiger partial charge on any atom is 0.407 e. The minimum absolute atomic E-state index is 0.223. The molecular weight excluding hydrogens is 600 g/mol. The Morgan fingerprint density at radius 1 is 1.16 bits per heavy atom. The van der Waals surface area contributed by atoms with Crippen molar-refractivity contribution in [1.82, 2.24) is 16.0 Å². The second kappa shape index (κ2) is 21.0. The van der Waals surface area contributed by atoms with Gasteiger partial charge in [-0.2, -0.15) is 0 Å². The van der Waals surface area contributed by atoms with Crippen LogP contribution in [-0.2, 0) is 28.6 Å². The van der Waals surface area contributed by atoms with Crippen LogP contribution in [0, 0.1) is 5.41 Å². The van der Waals surface area contributed by atoms with Crippen molar-refractivity contribution in [3.63, 3.8) is 0 Å². The van der Waals surface area contributed by atoms with Gasteiger partial charge in [0.05, 0.1) is 7.11 Å². The number of nitrogens with one attached hydrogen (secondary N) is 3.